The van der Waals surface area contributed by atoms with E-state index in [0.29, 0.717) is 11.1 Å². The van der Waals surface area contributed by atoms with Gasteiger partial charge in [-0.05, 0) is 41.3 Å². The average molecular weight is 513 g/mol. The van der Waals surface area contributed by atoms with E-state index in [2.05, 4.69) is 0 Å². The maximum atomic E-state index is 13.7. The summed E-state index contributed by atoms with van der Waals surface area (Å²) in [5, 5.41) is 20.5. The number of carboxylic acid groups (broad SMARTS) is 1. The molecule has 1 amide bonds. The van der Waals surface area contributed by atoms with Crippen LogP contribution in [0.25, 0.3) is 0 Å². The van der Waals surface area contributed by atoms with Crippen molar-refractivity contribution in [2.45, 2.75) is 25.4 Å². The van der Waals surface area contributed by atoms with Crippen molar-refractivity contribution in [1.29, 1.82) is 0 Å². The van der Waals surface area contributed by atoms with Crippen LogP contribution in [0.4, 0.5) is 4.39 Å². The minimum Gasteiger partial charge on any atom is -0.503 e. The molecule has 1 aromatic heterocycles. The zero-order valence-corrected chi connectivity index (χ0v) is 20.5. The van der Waals surface area contributed by atoms with Crippen LogP contribution in [0.3, 0.4) is 0 Å². The Balaban J connectivity index is 1.73. The van der Waals surface area contributed by atoms with Crippen LogP contribution in [0.15, 0.2) is 89.9 Å². The summed E-state index contributed by atoms with van der Waals surface area (Å²) in [6, 6.07) is 22.9. The number of halogens is 1. The number of hydrogen-bond donors (Lipinski definition) is 2. The molecule has 7 nitrogen and oxygen atoms in total. The van der Waals surface area contributed by atoms with Gasteiger partial charge < -0.3 is 19.7 Å². The molecular weight excluding hydrogens is 487 g/mol. The largest absolute Gasteiger partial charge is 0.503 e. The SMILES string of the molecule is Cc1cc(F)ccc1CN1C[C@H](C(c2ccccc2)c2ccccc2)n2cc(C(=O)O)c(=O)c(O)c2C1=O. The average Bonchev–Trinajstić information content (AvgIpc) is 2.91. The zero-order valence-electron chi connectivity index (χ0n) is 20.5. The summed E-state index contributed by atoms with van der Waals surface area (Å²) in [6.45, 7) is 2.01. The standard InChI is InChI=1S/C30H25FN2O5/c1-18-14-22(31)13-12-21(18)15-32-17-24(25(19-8-4-2-5-9-19)20-10-6-3-7-11-20)33-16-23(30(37)38)27(34)28(35)26(33)29(32)36/h2-14,16,24-25,35H,15,17H2,1H3,(H,37,38)/t24-/m1/s1. The molecular formula is C30H25FN2O5. The number of amides is 1. The highest BCUT2D eigenvalue weighted by Gasteiger charge is 2.40. The summed E-state index contributed by atoms with van der Waals surface area (Å²) >= 11 is 0. The maximum absolute atomic E-state index is 13.7. The lowest BCUT2D eigenvalue weighted by atomic mass is 9.83. The molecule has 2 N–H and O–H groups in total. The number of aryl methyl sites for hydroxylation is 1. The molecule has 3 aromatic carbocycles. The van der Waals surface area contributed by atoms with Crippen molar-refractivity contribution in [3.63, 3.8) is 0 Å². The van der Waals surface area contributed by atoms with Crippen molar-refractivity contribution in [2.75, 3.05) is 6.54 Å². The van der Waals surface area contributed by atoms with Crippen LogP contribution < -0.4 is 5.43 Å². The number of fused-ring (bicyclic) bond motifs is 1. The minimum absolute atomic E-state index is 0.117. The van der Waals surface area contributed by atoms with Gasteiger partial charge in [0.25, 0.3) is 5.91 Å². The lowest BCUT2D eigenvalue weighted by molar-refractivity contribution is 0.0623. The molecule has 4 aromatic rings. The Bertz CT molecular complexity index is 1540. The van der Waals surface area contributed by atoms with Crippen molar-refractivity contribution in [3.8, 4) is 5.75 Å². The molecule has 0 bridgehead atoms. The second-order valence-electron chi connectivity index (χ2n) is 9.40. The predicted molar refractivity (Wildman–Crippen MR) is 139 cm³/mol. The smallest absolute Gasteiger partial charge is 0.341 e. The number of hydrogen-bond acceptors (Lipinski definition) is 4. The summed E-state index contributed by atoms with van der Waals surface area (Å²) in [5.41, 5.74) is 1.19. The van der Waals surface area contributed by atoms with Gasteiger partial charge in [-0.15, -0.1) is 0 Å². The van der Waals surface area contributed by atoms with E-state index in [-0.39, 0.29) is 24.7 Å². The minimum atomic E-state index is -1.49. The Labute approximate surface area is 218 Å². The molecule has 0 radical (unpaired) electrons. The first-order valence-electron chi connectivity index (χ1n) is 12.1. The first kappa shape index (κ1) is 25.0. The van der Waals surface area contributed by atoms with Crippen molar-refractivity contribution >= 4 is 11.9 Å². The molecule has 5 rings (SSSR count). The number of carbonyl (C=O) groups excluding carboxylic acids is 1. The highest BCUT2D eigenvalue weighted by atomic mass is 19.1. The van der Waals surface area contributed by atoms with E-state index in [1.54, 1.807) is 13.0 Å². The fourth-order valence-electron chi connectivity index (χ4n) is 5.19. The van der Waals surface area contributed by atoms with Gasteiger partial charge in [0.15, 0.2) is 11.4 Å². The van der Waals surface area contributed by atoms with Gasteiger partial charge >= 0.3 is 5.97 Å². The second-order valence-corrected chi connectivity index (χ2v) is 9.40. The number of pyridine rings is 1. The molecule has 0 aliphatic carbocycles. The molecule has 0 saturated heterocycles. The van der Waals surface area contributed by atoms with Gasteiger partial charge in [-0.25, -0.2) is 9.18 Å². The van der Waals surface area contributed by atoms with Crippen LogP contribution >= 0.6 is 0 Å². The van der Waals surface area contributed by atoms with E-state index >= 15 is 0 Å². The Morgan fingerprint density at radius 1 is 1.00 bits per heavy atom. The number of nitrogens with zero attached hydrogens (tertiary/aromatic N) is 2. The monoisotopic (exact) mass is 512 g/mol. The first-order chi connectivity index (χ1) is 18.3. The fraction of sp³-hybridized carbons (Fsp3) is 0.167. The number of carboxylic acids is 1. The van der Waals surface area contributed by atoms with Crippen molar-refractivity contribution in [3.05, 3.63) is 135 Å². The van der Waals surface area contributed by atoms with Gasteiger partial charge in [0.2, 0.25) is 5.43 Å². The third-order valence-electron chi connectivity index (χ3n) is 7.06. The topological polar surface area (TPSA) is 99.8 Å². The lowest BCUT2D eigenvalue weighted by Crippen LogP contribution is -2.46. The van der Waals surface area contributed by atoms with E-state index in [9.17, 15) is 29.0 Å². The number of rotatable bonds is 6. The normalized spacial score (nSPS) is 15.0. The number of carbonyl (C=O) groups is 2. The van der Waals surface area contributed by atoms with E-state index < -0.39 is 40.5 Å². The highest BCUT2D eigenvalue weighted by molar-refractivity contribution is 5.97. The van der Waals surface area contributed by atoms with Crippen molar-refractivity contribution < 1.29 is 24.2 Å². The highest BCUT2D eigenvalue weighted by Crippen LogP contribution is 2.40. The Morgan fingerprint density at radius 3 is 2.16 bits per heavy atom. The van der Waals surface area contributed by atoms with E-state index in [1.165, 1.54) is 21.6 Å². The van der Waals surface area contributed by atoms with Crippen LogP contribution in [-0.4, -0.2) is 38.1 Å². The molecule has 0 unspecified atom stereocenters. The molecule has 0 saturated carbocycles. The number of aromatic nitrogens is 1. The third kappa shape index (κ3) is 4.45. The summed E-state index contributed by atoms with van der Waals surface area (Å²) in [4.78, 5) is 39.8. The van der Waals surface area contributed by atoms with E-state index in [0.717, 1.165) is 17.3 Å². The Kier molecular flexibility index (Phi) is 6.55. The third-order valence-corrected chi connectivity index (χ3v) is 7.06. The molecule has 1 atom stereocenters. The van der Waals surface area contributed by atoms with E-state index in [1.807, 2.05) is 60.7 Å². The van der Waals surface area contributed by atoms with Crippen molar-refractivity contribution in [1.82, 2.24) is 9.47 Å². The quantitative estimate of drug-likeness (QED) is 0.389. The van der Waals surface area contributed by atoms with Gasteiger partial charge in [-0.2, -0.15) is 0 Å². The summed E-state index contributed by atoms with van der Waals surface area (Å²) in [7, 11) is 0. The number of benzene rings is 3. The summed E-state index contributed by atoms with van der Waals surface area (Å²) in [5.74, 6) is -3.76. The molecule has 1 aliphatic rings. The zero-order chi connectivity index (χ0) is 27.0. The van der Waals surface area contributed by atoms with Crippen LogP contribution in [0, 0.1) is 12.7 Å². The lowest BCUT2D eigenvalue weighted by Gasteiger charge is -2.40. The van der Waals surface area contributed by atoms with Crippen molar-refractivity contribution in [2.24, 2.45) is 0 Å². The molecule has 1 aliphatic heterocycles. The van der Waals surface area contributed by atoms with E-state index in [4.69, 9.17) is 0 Å². The first-order valence-corrected chi connectivity index (χ1v) is 12.1. The molecule has 0 fully saturated rings. The van der Waals surface area contributed by atoms with Crippen LogP contribution in [0.1, 0.15) is 55.1 Å². The van der Waals surface area contributed by atoms with Crippen LogP contribution in [-0.2, 0) is 6.54 Å². The number of aromatic hydroxyl groups is 1. The molecule has 38 heavy (non-hydrogen) atoms. The second kappa shape index (κ2) is 9.97. The molecule has 2 heterocycles. The van der Waals surface area contributed by atoms with Gasteiger partial charge in [-0.1, -0.05) is 66.7 Å². The van der Waals surface area contributed by atoms with Crippen LogP contribution in [0.5, 0.6) is 5.75 Å². The van der Waals surface area contributed by atoms with Gasteiger partial charge in [0.1, 0.15) is 11.4 Å². The predicted octanol–water partition coefficient (Wildman–Crippen LogP) is 4.73. The molecule has 0 spiro atoms. The summed E-state index contributed by atoms with van der Waals surface area (Å²) in [6.07, 6.45) is 1.15. The molecule has 192 valence electrons. The fourth-order valence-corrected chi connectivity index (χ4v) is 5.19. The van der Waals surface area contributed by atoms with Gasteiger partial charge in [0.05, 0.1) is 6.04 Å². The Morgan fingerprint density at radius 2 is 1.61 bits per heavy atom. The number of aromatic carboxylic acids is 1. The summed E-state index contributed by atoms with van der Waals surface area (Å²) < 4.78 is 15.2. The van der Waals surface area contributed by atoms with Gasteiger partial charge in [0, 0.05) is 25.2 Å². The maximum Gasteiger partial charge on any atom is 0.341 e. The molecule has 8 heteroatoms. The Hall–Kier alpha value is -4.72. The van der Waals surface area contributed by atoms with Crippen LogP contribution in [0.2, 0.25) is 0 Å². The van der Waals surface area contributed by atoms with Gasteiger partial charge in [-0.3, -0.25) is 9.59 Å².